The van der Waals surface area contributed by atoms with Crippen LogP contribution >= 0.6 is 0 Å². The van der Waals surface area contributed by atoms with Gasteiger partial charge in [0, 0.05) is 6.04 Å². The number of rotatable bonds is 4. The van der Waals surface area contributed by atoms with E-state index in [1.807, 2.05) is 0 Å². The largest absolute Gasteiger partial charge is 0.572 e. The Morgan fingerprint density at radius 1 is 1.60 bits per heavy atom. The number of hydrogen-bond acceptors (Lipinski definition) is 5. The summed E-state index contributed by atoms with van der Waals surface area (Å²) in [5, 5.41) is 19.6. The maximum atomic E-state index is 10.2. The lowest BCUT2D eigenvalue weighted by Gasteiger charge is -2.07. The fourth-order valence-electron chi connectivity index (χ4n) is 0.561. The van der Waals surface area contributed by atoms with Crippen molar-refractivity contribution in [1.29, 1.82) is 0 Å². The molecule has 1 aliphatic heterocycles. The molecular formula is C4H8BNO4. The Hall–Kier alpha value is -0.585. The van der Waals surface area contributed by atoms with Crippen molar-refractivity contribution < 1.29 is 19.7 Å². The smallest absolute Gasteiger partial charge is 0.515 e. The SMILES string of the molecule is O=C1OB1NC(CO)CO. The third-order valence-corrected chi connectivity index (χ3v) is 1.22. The molecule has 0 amide bonds. The van der Waals surface area contributed by atoms with Gasteiger partial charge in [-0.1, -0.05) is 0 Å². The second kappa shape index (κ2) is 3.00. The summed E-state index contributed by atoms with van der Waals surface area (Å²) in [4.78, 5) is 10.2. The van der Waals surface area contributed by atoms with E-state index in [9.17, 15) is 4.79 Å². The van der Waals surface area contributed by atoms with Crippen LogP contribution in [0.25, 0.3) is 0 Å². The van der Waals surface area contributed by atoms with Crippen molar-refractivity contribution in [3.8, 4) is 0 Å². The van der Waals surface area contributed by atoms with E-state index in [0.29, 0.717) is 0 Å². The van der Waals surface area contributed by atoms with E-state index >= 15 is 0 Å². The highest BCUT2D eigenvalue weighted by Gasteiger charge is 2.47. The number of aliphatic hydroxyl groups is 2. The van der Waals surface area contributed by atoms with Crippen molar-refractivity contribution in [2.45, 2.75) is 6.04 Å². The first-order valence-corrected chi connectivity index (χ1v) is 2.96. The van der Waals surface area contributed by atoms with Crippen LogP contribution in [0.15, 0.2) is 0 Å². The Labute approximate surface area is 58.1 Å². The zero-order chi connectivity index (χ0) is 7.56. The number of nitrogens with one attached hydrogen (secondary N) is 1. The van der Waals surface area contributed by atoms with Gasteiger partial charge in [0.05, 0.1) is 13.2 Å². The lowest BCUT2D eigenvalue weighted by molar-refractivity contribution is 0.184. The van der Waals surface area contributed by atoms with Gasteiger partial charge >= 0.3 is 12.9 Å². The Balaban J connectivity index is 2.16. The van der Waals surface area contributed by atoms with Crippen molar-refractivity contribution in [2.24, 2.45) is 0 Å². The molecule has 0 unspecified atom stereocenters. The standard InChI is InChI=1S/C4H8BNO4/c7-1-3(2-8)6-5-4(9)10-5/h3,6-8H,1-2H2. The third-order valence-electron chi connectivity index (χ3n) is 1.22. The molecule has 0 aromatic heterocycles. The molecule has 6 heteroatoms. The highest BCUT2D eigenvalue weighted by atomic mass is 16.6. The Bertz CT molecular complexity index is 137. The number of carbonyl (C=O) groups excluding carboxylic acids is 1. The van der Waals surface area contributed by atoms with E-state index in [4.69, 9.17) is 10.2 Å². The first-order valence-electron chi connectivity index (χ1n) is 2.96. The maximum Gasteiger partial charge on any atom is 0.572 e. The molecule has 5 nitrogen and oxygen atoms in total. The van der Waals surface area contributed by atoms with Gasteiger partial charge in [-0.2, -0.15) is 0 Å². The van der Waals surface area contributed by atoms with Crippen LogP contribution in [-0.2, 0) is 4.65 Å². The Morgan fingerprint density at radius 2 is 2.10 bits per heavy atom. The van der Waals surface area contributed by atoms with Crippen LogP contribution < -0.4 is 5.23 Å². The normalized spacial score (nSPS) is 15.9. The van der Waals surface area contributed by atoms with Crippen molar-refractivity contribution in [2.75, 3.05) is 13.2 Å². The molecule has 0 aromatic rings. The average Bonchev–Trinajstić information content (AvgIpc) is 2.62. The van der Waals surface area contributed by atoms with Crippen molar-refractivity contribution in [3.63, 3.8) is 0 Å². The predicted molar refractivity (Wildman–Crippen MR) is 33.3 cm³/mol. The quantitative estimate of drug-likeness (QED) is 0.319. The molecule has 0 atom stereocenters. The van der Waals surface area contributed by atoms with Crippen molar-refractivity contribution in [3.05, 3.63) is 0 Å². The van der Waals surface area contributed by atoms with E-state index in [1.165, 1.54) is 0 Å². The van der Waals surface area contributed by atoms with Crippen molar-refractivity contribution >= 4 is 12.9 Å². The van der Waals surface area contributed by atoms with E-state index in [0.717, 1.165) is 0 Å². The molecule has 3 N–H and O–H groups in total. The molecule has 1 aliphatic rings. The van der Waals surface area contributed by atoms with Gasteiger partial charge in [0.2, 0.25) is 0 Å². The van der Waals surface area contributed by atoms with E-state index in [1.54, 1.807) is 0 Å². The summed E-state index contributed by atoms with van der Waals surface area (Å²) >= 11 is 0. The van der Waals surface area contributed by atoms with E-state index in [2.05, 4.69) is 9.88 Å². The fourth-order valence-corrected chi connectivity index (χ4v) is 0.561. The fraction of sp³-hybridized carbons (Fsp3) is 0.750. The highest BCUT2D eigenvalue weighted by Crippen LogP contribution is 2.05. The van der Waals surface area contributed by atoms with Crippen LogP contribution in [0.5, 0.6) is 0 Å². The molecular weight excluding hydrogens is 137 g/mol. The molecule has 1 heterocycles. The van der Waals surface area contributed by atoms with Crippen LogP contribution in [0.1, 0.15) is 0 Å². The zero-order valence-electron chi connectivity index (χ0n) is 5.28. The molecule has 56 valence electrons. The molecule has 1 fully saturated rings. The van der Waals surface area contributed by atoms with Gasteiger partial charge in [-0.15, -0.1) is 0 Å². The summed E-state index contributed by atoms with van der Waals surface area (Å²) in [5.41, 5.74) is 0. The van der Waals surface area contributed by atoms with Gasteiger partial charge in [-0.3, -0.25) is 4.79 Å². The Kier molecular flexibility index (Phi) is 2.26. The summed E-state index contributed by atoms with van der Waals surface area (Å²) in [6.07, 6.45) is 0. The Morgan fingerprint density at radius 3 is 2.40 bits per heavy atom. The highest BCUT2D eigenvalue weighted by molar-refractivity contribution is 6.95. The van der Waals surface area contributed by atoms with Gasteiger partial charge in [0.25, 0.3) is 0 Å². The van der Waals surface area contributed by atoms with Gasteiger partial charge in [0.15, 0.2) is 0 Å². The zero-order valence-corrected chi connectivity index (χ0v) is 5.28. The van der Waals surface area contributed by atoms with E-state index < -0.39 is 13.1 Å². The lowest BCUT2D eigenvalue weighted by atomic mass is 9.94. The predicted octanol–water partition coefficient (Wildman–Crippen LogP) is -1.85. The van der Waals surface area contributed by atoms with Gasteiger partial charge in [-0.25, -0.2) is 0 Å². The van der Waals surface area contributed by atoms with Crippen LogP contribution in [0.2, 0.25) is 0 Å². The van der Waals surface area contributed by atoms with Gasteiger partial charge < -0.3 is 20.1 Å². The molecule has 0 saturated carbocycles. The minimum atomic E-state index is -0.607. The summed E-state index contributed by atoms with van der Waals surface area (Å²) < 4.78 is 4.38. The molecule has 0 spiro atoms. The van der Waals surface area contributed by atoms with Crippen LogP contribution in [0, 0.1) is 0 Å². The summed E-state index contributed by atoms with van der Waals surface area (Å²) in [7, 11) is -0.607. The lowest BCUT2D eigenvalue weighted by Crippen LogP contribution is -2.40. The van der Waals surface area contributed by atoms with Gasteiger partial charge in [-0.05, 0) is 0 Å². The molecule has 10 heavy (non-hydrogen) atoms. The summed E-state index contributed by atoms with van der Waals surface area (Å²) in [5.74, 6) is -0.341. The molecule has 1 saturated heterocycles. The first-order chi connectivity index (χ1) is 4.77. The monoisotopic (exact) mass is 145 g/mol. The van der Waals surface area contributed by atoms with Crippen LogP contribution in [0.4, 0.5) is 4.79 Å². The molecule has 0 radical (unpaired) electrons. The number of carbonyl (C=O) groups is 1. The topological polar surface area (TPSA) is 82.1 Å². The van der Waals surface area contributed by atoms with Crippen molar-refractivity contribution in [1.82, 2.24) is 5.23 Å². The first kappa shape index (κ1) is 7.52. The average molecular weight is 145 g/mol. The van der Waals surface area contributed by atoms with Crippen LogP contribution in [-0.4, -0.2) is 42.4 Å². The summed E-state index contributed by atoms with van der Waals surface area (Å²) in [6, 6.07) is -0.462. The maximum absolute atomic E-state index is 10.2. The molecule has 0 aliphatic carbocycles. The minimum absolute atomic E-state index is 0.205. The van der Waals surface area contributed by atoms with E-state index in [-0.39, 0.29) is 19.1 Å². The second-order valence-corrected chi connectivity index (χ2v) is 2.05. The second-order valence-electron chi connectivity index (χ2n) is 2.05. The van der Waals surface area contributed by atoms with Gasteiger partial charge in [0.1, 0.15) is 0 Å². The summed E-state index contributed by atoms with van der Waals surface area (Å²) in [6.45, 7) is -0.409. The number of hydrogen-bond donors (Lipinski definition) is 3. The molecule has 0 aromatic carbocycles. The molecule has 1 rings (SSSR count). The number of aliphatic hydroxyl groups excluding tert-OH is 2. The van der Waals surface area contributed by atoms with Crippen LogP contribution in [0.3, 0.4) is 0 Å². The molecule has 0 bridgehead atoms. The third kappa shape index (κ3) is 1.70. The minimum Gasteiger partial charge on any atom is -0.515 e.